The highest BCUT2D eigenvalue weighted by Crippen LogP contribution is 1.96. The van der Waals surface area contributed by atoms with Crippen molar-refractivity contribution in [2.24, 2.45) is 7.05 Å². The van der Waals surface area contributed by atoms with E-state index in [1.807, 2.05) is 6.92 Å². The summed E-state index contributed by atoms with van der Waals surface area (Å²) in [4.78, 5) is 23.1. The number of carbonyl (C=O) groups excluding carboxylic acids is 1. The second-order valence-electron chi connectivity index (χ2n) is 3.77. The number of carbonyl (C=O) groups is 1. The maximum Gasteiger partial charge on any atom is 0.319 e. The first-order valence-corrected chi connectivity index (χ1v) is 5.93. The molecular weight excluding hydrogens is 234 g/mol. The highest BCUT2D eigenvalue weighted by molar-refractivity contribution is 5.88. The van der Waals surface area contributed by atoms with Crippen LogP contribution in [0.25, 0.3) is 0 Å². The highest BCUT2D eigenvalue weighted by Gasteiger charge is 2.04. The molecule has 0 saturated carbocycles. The maximum absolute atomic E-state index is 11.6. The zero-order valence-electron chi connectivity index (χ0n) is 10.7. The van der Waals surface area contributed by atoms with Gasteiger partial charge in [0.25, 0.3) is 5.56 Å². The number of aryl methyl sites for hydroxylation is 1. The summed E-state index contributed by atoms with van der Waals surface area (Å²) in [5, 5.41) is 5.18. The average molecular weight is 253 g/mol. The summed E-state index contributed by atoms with van der Waals surface area (Å²) in [5.74, 6) is 0. The molecule has 0 aliphatic rings. The molecule has 18 heavy (non-hydrogen) atoms. The topological polar surface area (TPSA) is 72.4 Å². The fourth-order valence-corrected chi connectivity index (χ4v) is 1.38. The largest absolute Gasteiger partial charge is 0.382 e. The Bertz CT molecular complexity index is 442. The van der Waals surface area contributed by atoms with Crippen molar-refractivity contribution < 1.29 is 9.53 Å². The van der Waals surface area contributed by atoms with Crippen LogP contribution >= 0.6 is 0 Å². The van der Waals surface area contributed by atoms with E-state index in [0.717, 1.165) is 6.42 Å². The summed E-state index contributed by atoms with van der Waals surface area (Å²) in [6.45, 7) is 3.72. The van der Waals surface area contributed by atoms with E-state index in [0.29, 0.717) is 19.8 Å². The van der Waals surface area contributed by atoms with Crippen molar-refractivity contribution in [3.63, 3.8) is 0 Å². The lowest BCUT2D eigenvalue weighted by Gasteiger charge is -2.07. The van der Waals surface area contributed by atoms with Crippen LogP contribution in [0.15, 0.2) is 23.1 Å². The van der Waals surface area contributed by atoms with Crippen LogP contribution in [0.5, 0.6) is 0 Å². The van der Waals surface area contributed by atoms with Gasteiger partial charge >= 0.3 is 6.03 Å². The van der Waals surface area contributed by atoms with Gasteiger partial charge in [-0.05, 0) is 25.5 Å². The first-order chi connectivity index (χ1) is 8.65. The quantitative estimate of drug-likeness (QED) is 0.741. The molecule has 6 nitrogen and oxygen atoms in total. The molecule has 1 rings (SSSR count). The molecule has 0 aliphatic heterocycles. The third-order valence-corrected chi connectivity index (χ3v) is 2.33. The molecule has 2 amide bonds. The van der Waals surface area contributed by atoms with Crippen molar-refractivity contribution in [1.29, 1.82) is 0 Å². The van der Waals surface area contributed by atoms with E-state index in [9.17, 15) is 9.59 Å². The predicted octanol–water partition coefficient (Wildman–Crippen LogP) is 0.933. The molecular formula is C12H19N3O3. The molecule has 0 radical (unpaired) electrons. The van der Waals surface area contributed by atoms with Crippen molar-refractivity contribution in [3.8, 4) is 0 Å². The molecule has 0 unspecified atom stereocenters. The van der Waals surface area contributed by atoms with Gasteiger partial charge in [0.2, 0.25) is 0 Å². The highest BCUT2D eigenvalue weighted by atomic mass is 16.5. The van der Waals surface area contributed by atoms with E-state index in [1.54, 1.807) is 25.4 Å². The van der Waals surface area contributed by atoms with Gasteiger partial charge in [-0.15, -0.1) is 0 Å². The van der Waals surface area contributed by atoms with Crippen molar-refractivity contribution in [3.05, 3.63) is 28.7 Å². The third kappa shape index (κ3) is 4.58. The summed E-state index contributed by atoms with van der Waals surface area (Å²) in [5.41, 5.74) is 0.0317. The van der Waals surface area contributed by atoms with Crippen molar-refractivity contribution in [2.45, 2.75) is 13.3 Å². The lowest BCUT2D eigenvalue weighted by Crippen LogP contribution is -2.33. The molecule has 1 aromatic rings. The zero-order valence-corrected chi connectivity index (χ0v) is 10.7. The van der Waals surface area contributed by atoms with Crippen LogP contribution < -0.4 is 16.2 Å². The van der Waals surface area contributed by atoms with Crippen LogP contribution in [0, 0.1) is 0 Å². The number of urea groups is 1. The standard InChI is InChI=1S/C12H19N3O3/c1-3-18-9-5-7-13-12(17)14-10-6-4-8-15(2)11(10)16/h4,6,8H,3,5,7,9H2,1-2H3,(H2,13,14,17). The number of rotatable bonds is 6. The normalized spacial score (nSPS) is 10.1. The molecule has 1 aromatic heterocycles. The van der Waals surface area contributed by atoms with Crippen molar-refractivity contribution >= 4 is 11.7 Å². The van der Waals surface area contributed by atoms with Gasteiger partial charge < -0.3 is 19.9 Å². The molecule has 0 aliphatic carbocycles. The van der Waals surface area contributed by atoms with Gasteiger partial charge in [-0.2, -0.15) is 0 Å². The molecule has 0 spiro atoms. The van der Waals surface area contributed by atoms with Crippen LogP contribution in [-0.4, -0.2) is 30.4 Å². The summed E-state index contributed by atoms with van der Waals surface area (Å²) in [6, 6.07) is 2.89. The molecule has 0 aromatic carbocycles. The molecule has 0 saturated heterocycles. The van der Waals surface area contributed by atoms with E-state index in [4.69, 9.17) is 4.74 Å². The fraction of sp³-hybridized carbons (Fsp3) is 0.500. The number of pyridine rings is 1. The van der Waals surface area contributed by atoms with E-state index < -0.39 is 0 Å². The zero-order chi connectivity index (χ0) is 13.4. The van der Waals surface area contributed by atoms with Gasteiger partial charge in [-0.3, -0.25) is 4.79 Å². The van der Waals surface area contributed by atoms with Gasteiger partial charge in [-0.25, -0.2) is 4.79 Å². The average Bonchev–Trinajstić information content (AvgIpc) is 2.35. The smallest absolute Gasteiger partial charge is 0.319 e. The van der Waals surface area contributed by atoms with Gasteiger partial charge in [0, 0.05) is 33.0 Å². The van der Waals surface area contributed by atoms with E-state index in [2.05, 4.69) is 10.6 Å². The number of amides is 2. The van der Waals surface area contributed by atoms with Crippen LogP contribution in [-0.2, 0) is 11.8 Å². The molecule has 0 atom stereocenters. The number of nitrogens with one attached hydrogen (secondary N) is 2. The van der Waals surface area contributed by atoms with Crippen LogP contribution in [0.4, 0.5) is 10.5 Å². The number of ether oxygens (including phenoxy) is 1. The maximum atomic E-state index is 11.6. The molecule has 6 heteroatoms. The Kier molecular flexibility index (Phi) is 5.93. The van der Waals surface area contributed by atoms with E-state index in [1.165, 1.54) is 4.57 Å². The summed E-state index contributed by atoms with van der Waals surface area (Å²) >= 11 is 0. The molecule has 0 bridgehead atoms. The minimum atomic E-state index is -0.380. The first kappa shape index (κ1) is 14.2. The lowest BCUT2D eigenvalue weighted by molar-refractivity contribution is 0.145. The van der Waals surface area contributed by atoms with Gasteiger partial charge in [0.15, 0.2) is 0 Å². The SMILES string of the molecule is CCOCCCNC(=O)Nc1cccn(C)c1=O. The Hall–Kier alpha value is -1.82. The molecule has 0 fully saturated rings. The summed E-state index contributed by atoms with van der Waals surface area (Å²) < 4.78 is 6.55. The van der Waals surface area contributed by atoms with Gasteiger partial charge in [0.1, 0.15) is 5.69 Å². The molecule has 1 heterocycles. The Balaban J connectivity index is 2.36. The number of hydrogen-bond donors (Lipinski definition) is 2. The minimum Gasteiger partial charge on any atom is -0.382 e. The van der Waals surface area contributed by atoms with Crippen LogP contribution in [0.3, 0.4) is 0 Å². The van der Waals surface area contributed by atoms with Crippen molar-refractivity contribution in [2.75, 3.05) is 25.1 Å². The second-order valence-corrected chi connectivity index (χ2v) is 3.77. The molecule has 2 N–H and O–H groups in total. The monoisotopic (exact) mass is 253 g/mol. The van der Waals surface area contributed by atoms with Gasteiger partial charge in [0.05, 0.1) is 0 Å². The Labute approximate surface area is 106 Å². The van der Waals surface area contributed by atoms with Crippen molar-refractivity contribution in [1.82, 2.24) is 9.88 Å². The lowest BCUT2D eigenvalue weighted by atomic mass is 10.4. The second kappa shape index (κ2) is 7.50. The number of aromatic nitrogens is 1. The summed E-state index contributed by atoms with van der Waals surface area (Å²) in [6.07, 6.45) is 2.38. The summed E-state index contributed by atoms with van der Waals surface area (Å²) in [7, 11) is 1.63. The van der Waals surface area contributed by atoms with Crippen LogP contribution in [0.1, 0.15) is 13.3 Å². The number of anilines is 1. The van der Waals surface area contributed by atoms with E-state index in [-0.39, 0.29) is 17.3 Å². The molecule has 100 valence electrons. The minimum absolute atomic E-state index is 0.234. The fourth-order valence-electron chi connectivity index (χ4n) is 1.38. The Morgan fingerprint density at radius 3 is 3.00 bits per heavy atom. The van der Waals surface area contributed by atoms with Gasteiger partial charge in [-0.1, -0.05) is 0 Å². The number of nitrogens with zero attached hydrogens (tertiary/aromatic N) is 1. The Morgan fingerprint density at radius 1 is 1.50 bits per heavy atom. The predicted molar refractivity (Wildman–Crippen MR) is 69.8 cm³/mol. The van der Waals surface area contributed by atoms with Crippen LogP contribution in [0.2, 0.25) is 0 Å². The van der Waals surface area contributed by atoms with E-state index >= 15 is 0 Å². The number of hydrogen-bond acceptors (Lipinski definition) is 3. The Morgan fingerprint density at radius 2 is 2.28 bits per heavy atom. The third-order valence-electron chi connectivity index (χ3n) is 2.33. The first-order valence-electron chi connectivity index (χ1n) is 5.93.